The van der Waals surface area contributed by atoms with E-state index in [-0.39, 0.29) is 15.7 Å². The minimum atomic E-state index is -3.86. The van der Waals surface area contributed by atoms with Crippen LogP contribution >= 0.6 is 46.6 Å². The maximum atomic E-state index is 13.7. The number of benzene rings is 3. The maximum absolute atomic E-state index is 13.7. The van der Waals surface area contributed by atoms with Crippen molar-refractivity contribution in [2.75, 3.05) is 0 Å². The SMILES string of the molecule is CC(C)(c1ccc(Cl)c(Cl)c1)c1cnc(SCc2ccc(S(N)(=O)=O)cc2Cl)n1-c1ccc(F)cc1. The van der Waals surface area contributed by atoms with E-state index in [0.29, 0.717) is 26.5 Å². The van der Waals surface area contributed by atoms with Crippen molar-refractivity contribution in [3.63, 3.8) is 0 Å². The third-order valence-electron chi connectivity index (χ3n) is 5.81. The number of nitrogens with zero attached hydrogens (tertiary/aromatic N) is 2. The number of thioether (sulfide) groups is 1. The highest BCUT2D eigenvalue weighted by Crippen LogP contribution is 2.39. The van der Waals surface area contributed by atoms with Gasteiger partial charge in [0.05, 0.1) is 26.8 Å². The molecule has 0 saturated carbocycles. The number of imidazole rings is 1. The van der Waals surface area contributed by atoms with Gasteiger partial charge in [-0.25, -0.2) is 22.9 Å². The second-order valence-corrected chi connectivity index (χ2v) is 12.3. The van der Waals surface area contributed by atoms with Crippen molar-refractivity contribution in [3.05, 3.63) is 105 Å². The number of halogens is 4. The Bertz CT molecular complexity index is 1540. The molecular formula is C25H21Cl3FN3O2S2. The van der Waals surface area contributed by atoms with Crippen molar-refractivity contribution in [1.29, 1.82) is 0 Å². The van der Waals surface area contributed by atoms with E-state index >= 15 is 0 Å². The number of rotatable bonds is 7. The lowest BCUT2D eigenvalue weighted by Gasteiger charge is -2.28. The van der Waals surface area contributed by atoms with Crippen LogP contribution in [-0.4, -0.2) is 18.0 Å². The molecule has 4 aromatic rings. The van der Waals surface area contributed by atoms with E-state index in [0.717, 1.165) is 16.9 Å². The van der Waals surface area contributed by atoms with Crippen molar-refractivity contribution < 1.29 is 12.8 Å². The molecule has 3 aromatic carbocycles. The van der Waals surface area contributed by atoms with Gasteiger partial charge in [0.25, 0.3) is 0 Å². The normalized spacial score (nSPS) is 12.2. The maximum Gasteiger partial charge on any atom is 0.238 e. The zero-order chi connectivity index (χ0) is 26.3. The van der Waals surface area contributed by atoms with Gasteiger partial charge in [-0.2, -0.15) is 0 Å². The molecule has 0 unspecified atom stereocenters. The molecule has 2 N–H and O–H groups in total. The molecule has 5 nitrogen and oxygen atoms in total. The Morgan fingerprint density at radius 3 is 2.28 bits per heavy atom. The largest absolute Gasteiger partial charge is 0.291 e. The van der Waals surface area contributed by atoms with Gasteiger partial charge < -0.3 is 0 Å². The lowest BCUT2D eigenvalue weighted by molar-refractivity contribution is 0.591. The third kappa shape index (κ3) is 5.59. The van der Waals surface area contributed by atoms with Crippen LogP contribution in [0, 0.1) is 5.82 Å². The molecular weight excluding hydrogens is 564 g/mol. The average molecular weight is 585 g/mol. The fourth-order valence-corrected chi connectivity index (χ4v) is 5.94. The minimum absolute atomic E-state index is 0.0558. The van der Waals surface area contributed by atoms with Crippen molar-refractivity contribution in [2.45, 2.75) is 35.1 Å². The molecule has 1 heterocycles. The molecule has 188 valence electrons. The molecule has 0 radical (unpaired) electrons. The van der Waals surface area contributed by atoms with Crippen LogP contribution in [0.4, 0.5) is 4.39 Å². The lowest BCUT2D eigenvalue weighted by Crippen LogP contribution is -2.23. The zero-order valence-corrected chi connectivity index (χ0v) is 23.1. The number of hydrogen-bond donors (Lipinski definition) is 1. The van der Waals surface area contributed by atoms with Gasteiger partial charge in [0.1, 0.15) is 5.82 Å². The second-order valence-electron chi connectivity index (χ2n) is 8.58. The number of primary sulfonamides is 1. The summed E-state index contributed by atoms with van der Waals surface area (Å²) in [6.45, 7) is 4.09. The van der Waals surface area contributed by atoms with Crippen LogP contribution in [0.1, 0.15) is 30.7 Å². The van der Waals surface area contributed by atoms with Crippen LogP contribution in [0.25, 0.3) is 5.69 Å². The van der Waals surface area contributed by atoms with E-state index in [1.54, 1.807) is 30.5 Å². The fourth-order valence-electron chi connectivity index (χ4n) is 3.71. The Kier molecular flexibility index (Phi) is 7.76. The first-order valence-corrected chi connectivity index (χ1v) is 14.3. The second kappa shape index (κ2) is 10.4. The van der Waals surface area contributed by atoms with E-state index in [9.17, 15) is 12.8 Å². The van der Waals surface area contributed by atoms with E-state index in [1.807, 2.05) is 30.5 Å². The van der Waals surface area contributed by atoms with Gasteiger partial charge in [-0.3, -0.25) is 4.57 Å². The molecule has 0 aliphatic carbocycles. The molecule has 0 atom stereocenters. The van der Waals surface area contributed by atoms with Crippen LogP contribution in [-0.2, 0) is 21.2 Å². The number of hydrogen-bond acceptors (Lipinski definition) is 4. The van der Waals surface area contributed by atoms with Crippen LogP contribution < -0.4 is 5.14 Å². The first-order chi connectivity index (χ1) is 16.9. The highest BCUT2D eigenvalue weighted by Gasteiger charge is 2.30. The van der Waals surface area contributed by atoms with Gasteiger partial charge in [0.2, 0.25) is 10.0 Å². The summed E-state index contributed by atoms with van der Waals surface area (Å²) < 4.78 is 38.9. The van der Waals surface area contributed by atoms with E-state index < -0.39 is 15.4 Å². The Morgan fingerprint density at radius 1 is 0.972 bits per heavy atom. The minimum Gasteiger partial charge on any atom is -0.291 e. The van der Waals surface area contributed by atoms with Crippen LogP contribution in [0.15, 0.2) is 76.9 Å². The highest BCUT2D eigenvalue weighted by molar-refractivity contribution is 7.98. The summed E-state index contributed by atoms with van der Waals surface area (Å²) in [6.07, 6.45) is 1.78. The summed E-state index contributed by atoms with van der Waals surface area (Å²) in [4.78, 5) is 4.61. The van der Waals surface area contributed by atoms with Gasteiger partial charge in [0.15, 0.2) is 5.16 Å². The molecule has 0 saturated heterocycles. The molecule has 0 fully saturated rings. The molecule has 1 aromatic heterocycles. The monoisotopic (exact) mass is 583 g/mol. The van der Waals surface area contributed by atoms with Crippen molar-refractivity contribution in [3.8, 4) is 5.69 Å². The topological polar surface area (TPSA) is 78.0 Å². The Morgan fingerprint density at radius 2 is 1.67 bits per heavy atom. The van der Waals surface area contributed by atoms with Crippen molar-refractivity contribution in [1.82, 2.24) is 9.55 Å². The van der Waals surface area contributed by atoms with E-state index in [2.05, 4.69) is 4.98 Å². The predicted octanol–water partition coefficient (Wildman–Crippen LogP) is 7.24. The summed E-state index contributed by atoms with van der Waals surface area (Å²) in [6, 6.07) is 16.0. The molecule has 0 amide bonds. The van der Waals surface area contributed by atoms with Crippen molar-refractivity contribution in [2.24, 2.45) is 5.14 Å². The average Bonchev–Trinajstić information content (AvgIpc) is 3.24. The smallest absolute Gasteiger partial charge is 0.238 e. The molecule has 0 aliphatic rings. The summed E-state index contributed by atoms with van der Waals surface area (Å²) in [7, 11) is -3.86. The number of aromatic nitrogens is 2. The summed E-state index contributed by atoms with van der Waals surface area (Å²) in [5, 5.41) is 7.04. The van der Waals surface area contributed by atoms with Crippen molar-refractivity contribution >= 4 is 56.6 Å². The summed E-state index contributed by atoms with van der Waals surface area (Å²) in [5.41, 5.74) is 2.69. The standard InChI is InChI=1S/C25H21Cl3FN3O2S2/c1-25(2,16-4-10-20(26)22(28)11-16)23-13-31-24(32(23)18-7-5-17(29)6-8-18)35-14-15-3-9-19(12-21(15)27)36(30,33)34/h3-13H,14H2,1-2H3,(H2,30,33,34). The van der Waals surface area contributed by atoms with Gasteiger partial charge in [-0.15, -0.1) is 0 Å². The highest BCUT2D eigenvalue weighted by atomic mass is 35.5. The molecule has 0 aliphatic heterocycles. The Balaban J connectivity index is 1.75. The van der Waals surface area contributed by atoms with Crippen LogP contribution in [0.2, 0.25) is 15.1 Å². The van der Waals surface area contributed by atoms with Crippen LogP contribution in [0.5, 0.6) is 0 Å². The van der Waals surface area contributed by atoms with E-state index in [4.69, 9.17) is 39.9 Å². The van der Waals surface area contributed by atoms with Gasteiger partial charge in [-0.05, 0) is 59.7 Å². The van der Waals surface area contributed by atoms with E-state index in [1.165, 1.54) is 36.0 Å². The van der Waals surface area contributed by atoms with Gasteiger partial charge in [0, 0.05) is 21.9 Å². The summed E-state index contributed by atoms with van der Waals surface area (Å²) >= 11 is 20.2. The first-order valence-electron chi connectivity index (χ1n) is 10.6. The molecule has 0 spiro atoms. The fraction of sp³-hybridized carbons (Fsp3) is 0.160. The third-order valence-corrected chi connectivity index (χ3v) is 8.81. The Labute approximate surface area is 228 Å². The zero-order valence-electron chi connectivity index (χ0n) is 19.2. The molecule has 4 rings (SSSR count). The lowest BCUT2D eigenvalue weighted by atomic mass is 9.81. The molecule has 0 bridgehead atoms. The predicted molar refractivity (Wildman–Crippen MR) is 144 cm³/mol. The van der Waals surface area contributed by atoms with Gasteiger partial charge >= 0.3 is 0 Å². The molecule has 36 heavy (non-hydrogen) atoms. The summed E-state index contributed by atoms with van der Waals surface area (Å²) in [5.74, 6) is 0.0642. The quantitative estimate of drug-likeness (QED) is 0.232. The molecule has 11 heteroatoms. The first kappa shape index (κ1) is 27.0. The number of nitrogens with two attached hydrogens (primary N) is 1. The number of sulfonamides is 1. The van der Waals surface area contributed by atoms with Crippen LogP contribution in [0.3, 0.4) is 0 Å². The van der Waals surface area contributed by atoms with Gasteiger partial charge in [-0.1, -0.05) is 72.5 Å². The Hall–Kier alpha value is -2.07.